The number of ketones is 1. The van der Waals surface area contributed by atoms with Crippen molar-refractivity contribution in [1.82, 2.24) is 10.2 Å². The van der Waals surface area contributed by atoms with Crippen molar-refractivity contribution in [2.24, 2.45) is 11.7 Å². The number of rotatable bonds is 9. The third kappa shape index (κ3) is 6.54. The molecule has 1 saturated carbocycles. The minimum Gasteiger partial charge on any atom is -0.391 e. The molecule has 3 atom stereocenters. The number of β-amino-alcohol motifs (C(OH)–C–C–N with tert-alkyl or cyclic N) is 1. The molecule has 3 fully saturated rings. The summed E-state index contributed by atoms with van der Waals surface area (Å²) in [6.45, 7) is 0.389. The van der Waals surface area contributed by atoms with E-state index in [1.54, 1.807) is 0 Å². The standard InChI is InChI=1S/C31H40N4O6/c32-28(38)27(37)31(12-14-41-15-13-31)34-29(39)26-18-24(36)19-35(26)30(40)25(16-20-6-2-1-3-7-20)33-23-11-10-21-8-4-5-9-22(21)17-23/h4-5,8-11,17,20,24-26,33,36H,1-3,6-7,12-16,18-19H2,(H2,32,38)(H,34,39)/t24-,25?,26-/m0/s1. The molecule has 0 aromatic heterocycles. The van der Waals surface area contributed by atoms with Gasteiger partial charge in [0.1, 0.15) is 17.6 Å². The van der Waals surface area contributed by atoms with Crippen LogP contribution in [0.1, 0.15) is 57.8 Å². The summed E-state index contributed by atoms with van der Waals surface area (Å²) in [7, 11) is 0. The number of ether oxygens (including phenoxy) is 1. The summed E-state index contributed by atoms with van der Waals surface area (Å²) in [6, 6.07) is 12.4. The zero-order chi connectivity index (χ0) is 29.0. The van der Waals surface area contributed by atoms with Gasteiger partial charge in [-0.25, -0.2) is 0 Å². The monoisotopic (exact) mass is 564 g/mol. The van der Waals surface area contributed by atoms with Crippen molar-refractivity contribution >= 4 is 40.0 Å². The first-order valence-corrected chi connectivity index (χ1v) is 14.7. The van der Waals surface area contributed by atoms with Crippen LogP contribution in [0.5, 0.6) is 0 Å². The number of benzene rings is 2. The van der Waals surface area contributed by atoms with Crippen LogP contribution in [0.4, 0.5) is 5.69 Å². The zero-order valence-electron chi connectivity index (χ0n) is 23.3. The van der Waals surface area contributed by atoms with Gasteiger partial charge < -0.3 is 31.1 Å². The summed E-state index contributed by atoms with van der Waals surface area (Å²) in [5.74, 6) is -2.46. The van der Waals surface area contributed by atoms with Gasteiger partial charge in [0.2, 0.25) is 17.6 Å². The molecular formula is C31H40N4O6. The Morgan fingerprint density at radius 3 is 2.44 bits per heavy atom. The van der Waals surface area contributed by atoms with Gasteiger partial charge in [-0.15, -0.1) is 0 Å². The number of primary amides is 1. The van der Waals surface area contributed by atoms with Crippen molar-refractivity contribution in [3.05, 3.63) is 42.5 Å². The number of likely N-dealkylation sites (tertiary alicyclic amines) is 1. The van der Waals surface area contributed by atoms with E-state index in [4.69, 9.17) is 10.5 Å². The molecule has 220 valence electrons. The first-order valence-electron chi connectivity index (χ1n) is 14.7. The lowest BCUT2D eigenvalue weighted by molar-refractivity contribution is -0.147. The predicted octanol–water partition coefficient (Wildman–Crippen LogP) is 2.27. The Kier molecular flexibility index (Phi) is 8.89. The number of anilines is 1. The van der Waals surface area contributed by atoms with E-state index in [1.165, 1.54) is 11.3 Å². The number of nitrogens with one attached hydrogen (secondary N) is 2. The second-order valence-electron chi connectivity index (χ2n) is 11.8. The van der Waals surface area contributed by atoms with Crippen molar-refractivity contribution in [3.8, 4) is 0 Å². The van der Waals surface area contributed by atoms with Crippen molar-refractivity contribution in [2.45, 2.75) is 81.5 Å². The van der Waals surface area contributed by atoms with Crippen molar-refractivity contribution in [2.75, 3.05) is 25.1 Å². The summed E-state index contributed by atoms with van der Waals surface area (Å²) in [5.41, 5.74) is 4.66. The van der Waals surface area contributed by atoms with Crippen LogP contribution in [-0.2, 0) is 23.9 Å². The maximum atomic E-state index is 14.2. The average Bonchev–Trinajstić information content (AvgIpc) is 3.38. The van der Waals surface area contributed by atoms with Crippen LogP contribution in [0, 0.1) is 5.92 Å². The summed E-state index contributed by atoms with van der Waals surface area (Å²) in [5, 5.41) is 19.0. The molecule has 1 aliphatic carbocycles. The highest BCUT2D eigenvalue weighted by atomic mass is 16.5. The highest BCUT2D eigenvalue weighted by Gasteiger charge is 2.48. The second kappa shape index (κ2) is 12.6. The van der Waals surface area contributed by atoms with Crippen LogP contribution in [-0.4, -0.2) is 77.0 Å². The van der Waals surface area contributed by atoms with Gasteiger partial charge >= 0.3 is 0 Å². The van der Waals surface area contributed by atoms with Crippen LogP contribution in [0.15, 0.2) is 42.5 Å². The quantitative estimate of drug-likeness (QED) is 0.341. The molecule has 0 spiro atoms. The van der Waals surface area contributed by atoms with E-state index in [-0.39, 0.29) is 44.9 Å². The van der Waals surface area contributed by atoms with E-state index in [0.717, 1.165) is 42.1 Å². The molecule has 2 saturated heterocycles. The third-order valence-electron chi connectivity index (χ3n) is 8.91. The molecular weight excluding hydrogens is 524 g/mol. The lowest BCUT2D eigenvalue weighted by atomic mass is 9.84. The number of nitrogens with zero attached hydrogens (tertiary/aromatic N) is 1. The number of carbonyl (C=O) groups is 4. The minimum atomic E-state index is -1.48. The van der Waals surface area contributed by atoms with E-state index in [2.05, 4.69) is 10.6 Å². The Balaban J connectivity index is 1.38. The smallest absolute Gasteiger partial charge is 0.287 e. The molecule has 0 bridgehead atoms. The van der Waals surface area contributed by atoms with E-state index in [9.17, 15) is 24.3 Å². The lowest BCUT2D eigenvalue weighted by Gasteiger charge is -2.37. The number of nitrogens with two attached hydrogens (primary N) is 1. The molecule has 41 heavy (non-hydrogen) atoms. The Bertz CT molecular complexity index is 1290. The number of hydrogen-bond acceptors (Lipinski definition) is 7. The Labute approximate surface area is 240 Å². The molecule has 5 rings (SSSR count). The first-order chi connectivity index (χ1) is 19.8. The van der Waals surface area contributed by atoms with Crippen LogP contribution in [0.25, 0.3) is 10.8 Å². The Morgan fingerprint density at radius 2 is 1.73 bits per heavy atom. The summed E-state index contributed by atoms with van der Waals surface area (Å²) in [6.07, 6.45) is 5.56. The highest BCUT2D eigenvalue weighted by Crippen LogP contribution is 2.31. The van der Waals surface area contributed by atoms with Gasteiger partial charge in [-0.3, -0.25) is 19.2 Å². The van der Waals surface area contributed by atoms with E-state index >= 15 is 0 Å². The summed E-state index contributed by atoms with van der Waals surface area (Å²) >= 11 is 0. The van der Waals surface area contributed by atoms with Crippen molar-refractivity contribution in [1.29, 1.82) is 0 Å². The minimum absolute atomic E-state index is 0.0113. The topological polar surface area (TPSA) is 151 Å². The molecule has 1 unspecified atom stereocenters. The largest absolute Gasteiger partial charge is 0.391 e. The predicted molar refractivity (Wildman–Crippen MR) is 154 cm³/mol. The van der Waals surface area contributed by atoms with Gasteiger partial charge in [0.15, 0.2) is 0 Å². The molecule has 0 radical (unpaired) electrons. The van der Waals surface area contributed by atoms with Crippen LogP contribution in [0.2, 0.25) is 0 Å². The number of aliphatic hydroxyl groups excluding tert-OH is 1. The Hall–Kier alpha value is -3.50. The molecule has 3 amide bonds. The van der Waals surface area contributed by atoms with Gasteiger partial charge in [-0.1, -0.05) is 62.4 Å². The molecule has 2 heterocycles. The summed E-state index contributed by atoms with van der Waals surface area (Å²) < 4.78 is 5.36. The van der Waals surface area contributed by atoms with E-state index in [0.29, 0.717) is 12.3 Å². The fourth-order valence-electron chi connectivity index (χ4n) is 6.65. The number of aliphatic hydroxyl groups is 1. The molecule has 10 nitrogen and oxygen atoms in total. The van der Waals surface area contributed by atoms with Crippen LogP contribution >= 0.6 is 0 Å². The molecule has 5 N–H and O–H groups in total. The first kappa shape index (κ1) is 29.0. The number of hydrogen-bond donors (Lipinski definition) is 4. The van der Waals surface area contributed by atoms with Crippen LogP contribution in [0.3, 0.4) is 0 Å². The average molecular weight is 565 g/mol. The molecule has 2 aromatic rings. The van der Waals surface area contributed by atoms with Crippen molar-refractivity contribution < 1.29 is 29.0 Å². The molecule has 3 aliphatic rings. The number of amides is 3. The van der Waals surface area contributed by atoms with E-state index < -0.39 is 41.3 Å². The SMILES string of the molecule is NC(=O)C(=O)C1(NC(=O)[C@@H]2C[C@H](O)CN2C(=O)C(CC2CCCCC2)Nc2ccc3ccccc3c2)CCOCC1. The molecule has 2 aromatic carbocycles. The molecule has 10 heteroatoms. The Morgan fingerprint density at radius 1 is 1.02 bits per heavy atom. The lowest BCUT2D eigenvalue weighted by Crippen LogP contribution is -2.63. The number of fused-ring (bicyclic) bond motifs is 1. The van der Waals surface area contributed by atoms with E-state index in [1.807, 2.05) is 42.5 Å². The van der Waals surface area contributed by atoms with Gasteiger partial charge in [0, 0.05) is 44.7 Å². The maximum absolute atomic E-state index is 14.2. The van der Waals surface area contributed by atoms with Gasteiger partial charge in [-0.05, 0) is 35.2 Å². The number of Topliss-reactive ketones (excluding diaryl/α,β-unsaturated/α-hetero) is 1. The van der Waals surface area contributed by atoms with Gasteiger partial charge in [0.05, 0.1) is 6.10 Å². The van der Waals surface area contributed by atoms with Gasteiger partial charge in [-0.2, -0.15) is 0 Å². The second-order valence-corrected chi connectivity index (χ2v) is 11.8. The molecule has 2 aliphatic heterocycles. The maximum Gasteiger partial charge on any atom is 0.287 e. The fraction of sp³-hybridized carbons (Fsp3) is 0.548. The van der Waals surface area contributed by atoms with Gasteiger partial charge in [0.25, 0.3) is 5.91 Å². The van der Waals surface area contributed by atoms with Crippen molar-refractivity contribution in [3.63, 3.8) is 0 Å². The third-order valence-corrected chi connectivity index (χ3v) is 8.91. The highest BCUT2D eigenvalue weighted by molar-refractivity contribution is 6.39. The van der Waals surface area contributed by atoms with Crippen LogP contribution < -0.4 is 16.4 Å². The normalized spacial score (nSPS) is 23.6. The number of carbonyl (C=O) groups excluding carboxylic acids is 4. The summed E-state index contributed by atoms with van der Waals surface area (Å²) in [4.78, 5) is 53.9. The zero-order valence-corrected chi connectivity index (χ0v) is 23.3. The fourth-order valence-corrected chi connectivity index (χ4v) is 6.65.